The number of nitrogens with two attached hydrogens (primary N) is 1. The van der Waals surface area contributed by atoms with Gasteiger partial charge in [0.15, 0.2) is 0 Å². The summed E-state index contributed by atoms with van der Waals surface area (Å²) in [7, 11) is 0. The minimum absolute atomic E-state index is 0.397. The summed E-state index contributed by atoms with van der Waals surface area (Å²) >= 11 is 0. The molecule has 1 atom stereocenters. The summed E-state index contributed by atoms with van der Waals surface area (Å²) in [6.07, 6.45) is 5.22. The lowest BCUT2D eigenvalue weighted by Crippen LogP contribution is -2.35. The first-order valence-electron chi connectivity index (χ1n) is 7.59. The molecular weight excluding hydrogens is 260 g/mol. The van der Waals surface area contributed by atoms with Crippen LogP contribution in [0.15, 0.2) is 36.4 Å². The van der Waals surface area contributed by atoms with Gasteiger partial charge in [0.25, 0.3) is 0 Å². The number of benzene rings is 1. The number of hydrogen-bond acceptors (Lipinski definition) is 4. The second-order valence-electron chi connectivity index (χ2n) is 5.83. The highest BCUT2D eigenvalue weighted by atomic mass is 15.2. The van der Waals surface area contributed by atoms with Crippen LogP contribution in [0.5, 0.6) is 0 Å². The van der Waals surface area contributed by atoms with E-state index in [2.05, 4.69) is 48.0 Å². The van der Waals surface area contributed by atoms with Crippen LogP contribution in [0.1, 0.15) is 19.7 Å². The highest BCUT2D eigenvalue weighted by Crippen LogP contribution is 2.30. The molecule has 0 fully saturated rings. The van der Waals surface area contributed by atoms with Crippen LogP contribution in [0, 0.1) is 5.92 Å². The number of hydrogen-bond donors (Lipinski definition) is 1. The largest absolute Gasteiger partial charge is 0.346 e. The van der Waals surface area contributed by atoms with E-state index in [4.69, 9.17) is 10.7 Å². The summed E-state index contributed by atoms with van der Waals surface area (Å²) in [5.74, 6) is 2.42. The summed E-state index contributed by atoms with van der Waals surface area (Å²) in [4.78, 5) is 11.8. The summed E-state index contributed by atoms with van der Waals surface area (Å²) in [5, 5.41) is 1.12. The summed E-state index contributed by atoms with van der Waals surface area (Å²) in [6, 6.07) is 8.62. The molecule has 0 unspecified atom stereocenters. The predicted molar refractivity (Wildman–Crippen MR) is 87.4 cm³/mol. The molecule has 4 heteroatoms. The molecule has 2 N–H and O–H groups in total. The molecule has 4 nitrogen and oxygen atoms in total. The van der Waals surface area contributed by atoms with Crippen molar-refractivity contribution in [3.63, 3.8) is 0 Å². The van der Waals surface area contributed by atoms with Crippen molar-refractivity contribution in [2.45, 2.75) is 26.3 Å². The fraction of sp³-hybridized carbons (Fsp3) is 0.412. The zero-order chi connectivity index (χ0) is 14.8. The molecule has 2 heterocycles. The van der Waals surface area contributed by atoms with Gasteiger partial charge in [-0.2, -0.15) is 0 Å². The Labute approximate surface area is 125 Å². The first kappa shape index (κ1) is 14.0. The van der Waals surface area contributed by atoms with Crippen molar-refractivity contribution >= 4 is 16.7 Å². The van der Waals surface area contributed by atoms with E-state index in [0.717, 1.165) is 29.1 Å². The maximum absolute atomic E-state index is 5.68. The molecule has 2 aromatic rings. The fourth-order valence-electron chi connectivity index (χ4n) is 2.92. The van der Waals surface area contributed by atoms with Gasteiger partial charge >= 0.3 is 0 Å². The molecular formula is C17H22N4. The van der Waals surface area contributed by atoms with Gasteiger partial charge in [-0.1, -0.05) is 38.1 Å². The van der Waals surface area contributed by atoms with Gasteiger partial charge < -0.3 is 10.6 Å². The summed E-state index contributed by atoms with van der Waals surface area (Å²) < 4.78 is 0. The monoisotopic (exact) mass is 282 g/mol. The minimum atomic E-state index is 0.397. The Hall–Kier alpha value is -1.94. The highest BCUT2D eigenvalue weighted by Gasteiger charge is 2.25. The van der Waals surface area contributed by atoms with Crippen LogP contribution < -0.4 is 10.6 Å². The number of nitrogens with zero attached hydrogens (tertiary/aromatic N) is 3. The van der Waals surface area contributed by atoms with Crippen molar-refractivity contribution in [2.24, 2.45) is 11.7 Å². The zero-order valence-corrected chi connectivity index (χ0v) is 12.7. The van der Waals surface area contributed by atoms with Crippen molar-refractivity contribution in [1.82, 2.24) is 9.97 Å². The van der Waals surface area contributed by atoms with E-state index in [1.165, 1.54) is 0 Å². The topological polar surface area (TPSA) is 55.0 Å². The smallest absolute Gasteiger partial charge is 0.141 e. The average Bonchev–Trinajstić information content (AvgIpc) is 2.96. The quantitative estimate of drug-likeness (QED) is 0.876. The Morgan fingerprint density at radius 2 is 2.10 bits per heavy atom. The molecule has 1 aromatic carbocycles. The van der Waals surface area contributed by atoms with Gasteiger partial charge in [0.1, 0.15) is 11.6 Å². The Bertz CT molecular complexity index is 663. The minimum Gasteiger partial charge on any atom is -0.346 e. The highest BCUT2D eigenvalue weighted by molar-refractivity contribution is 5.90. The number of anilines is 1. The maximum Gasteiger partial charge on any atom is 0.141 e. The number of rotatable bonds is 4. The first-order valence-corrected chi connectivity index (χ1v) is 7.59. The molecule has 0 radical (unpaired) electrons. The van der Waals surface area contributed by atoms with Crippen molar-refractivity contribution in [3.8, 4) is 0 Å². The molecule has 0 spiro atoms. The normalized spacial score (nSPS) is 18.1. The Morgan fingerprint density at radius 3 is 2.86 bits per heavy atom. The number of aromatic nitrogens is 2. The van der Waals surface area contributed by atoms with Crippen molar-refractivity contribution in [1.29, 1.82) is 0 Å². The van der Waals surface area contributed by atoms with Crippen LogP contribution in [-0.2, 0) is 6.42 Å². The van der Waals surface area contributed by atoms with Crippen LogP contribution >= 0.6 is 0 Å². The third-order valence-corrected chi connectivity index (χ3v) is 3.95. The van der Waals surface area contributed by atoms with Crippen LogP contribution in [0.25, 0.3) is 10.9 Å². The van der Waals surface area contributed by atoms with Gasteiger partial charge in [-0.15, -0.1) is 0 Å². The predicted octanol–water partition coefficient (Wildman–Crippen LogP) is 2.53. The Morgan fingerprint density at radius 1 is 1.29 bits per heavy atom. The lowest BCUT2D eigenvalue weighted by Gasteiger charge is -2.29. The second-order valence-corrected chi connectivity index (χ2v) is 5.83. The molecule has 1 aromatic heterocycles. The SMILES string of the molecule is CC(C)[C@H]1C=CCN1c1nc(CCN)nc2ccccc12. The second kappa shape index (κ2) is 5.82. The molecule has 3 rings (SSSR count). The zero-order valence-electron chi connectivity index (χ0n) is 12.7. The van der Waals surface area contributed by atoms with Gasteiger partial charge in [0.05, 0.1) is 11.6 Å². The number of para-hydroxylation sites is 1. The lowest BCUT2D eigenvalue weighted by molar-refractivity contribution is 0.548. The molecule has 0 aliphatic carbocycles. The van der Waals surface area contributed by atoms with Crippen LogP contribution in [-0.4, -0.2) is 29.1 Å². The Kier molecular flexibility index (Phi) is 3.88. The van der Waals surface area contributed by atoms with E-state index in [-0.39, 0.29) is 0 Å². The number of fused-ring (bicyclic) bond motifs is 1. The average molecular weight is 282 g/mol. The molecule has 0 bridgehead atoms. The van der Waals surface area contributed by atoms with Crippen LogP contribution in [0.2, 0.25) is 0 Å². The van der Waals surface area contributed by atoms with Crippen molar-refractivity contribution < 1.29 is 0 Å². The molecule has 21 heavy (non-hydrogen) atoms. The van der Waals surface area contributed by atoms with Gasteiger partial charge in [0, 0.05) is 18.4 Å². The molecule has 0 amide bonds. The molecule has 0 saturated carbocycles. The Balaban J connectivity index is 2.11. The molecule has 0 saturated heterocycles. The molecule has 1 aliphatic heterocycles. The van der Waals surface area contributed by atoms with E-state index < -0.39 is 0 Å². The van der Waals surface area contributed by atoms with Gasteiger partial charge in [-0.05, 0) is 24.6 Å². The van der Waals surface area contributed by atoms with E-state index in [0.29, 0.717) is 24.9 Å². The molecule has 1 aliphatic rings. The maximum atomic E-state index is 5.68. The van der Waals surface area contributed by atoms with E-state index in [9.17, 15) is 0 Å². The van der Waals surface area contributed by atoms with Gasteiger partial charge in [-0.3, -0.25) is 0 Å². The third kappa shape index (κ3) is 2.63. The van der Waals surface area contributed by atoms with Crippen molar-refractivity contribution in [3.05, 3.63) is 42.2 Å². The third-order valence-electron chi connectivity index (χ3n) is 3.95. The fourth-order valence-corrected chi connectivity index (χ4v) is 2.92. The standard InChI is InChI=1S/C17H22N4/c1-12(2)15-8-5-11-21(15)17-13-6-3-4-7-14(13)19-16(20-17)9-10-18/h3-8,12,15H,9-11,18H2,1-2H3/t15-/m1/s1. The van der Waals surface area contributed by atoms with E-state index in [1.807, 2.05) is 12.1 Å². The van der Waals surface area contributed by atoms with Gasteiger partial charge in [0.2, 0.25) is 0 Å². The molecule has 110 valence electrons. The van der Waals surface area contributed by atoms with Gasteiger partial charge in [-0.25, -0.2) is 9.97 Å². The first-order chi connectivity index (χ1) is 10.2. The van der Waals surface area contributed by atoms with Crippen LogP contribution in [0.3, 0.4) is 0 Å². The van der Waals surface area contributed by atoms with E-state index in [1.54, 1.807) is 0 Å². The van der Waals surface area contributed by atoms with Crippen molar-refractivity contribution in [2.75, 3.05) is 18.0 Å². The lowest BCUT2D eigenvalue weighted by atomic mass is 10.0. The van der Waals surface area contributed by atoms with Crippen LogP contribution in [0.4, 0.5) is 5.82 Å². The summed E-state index contributed by atoms with van der Waals surface area (Å²) in [6.45, 7) is 5.98. The van der Waals surface area contributed by atoms with E-state index >= 15 is 0 Å². The summed E-state index contributed by atoms with van der Waals surface area (Å²) in [5.41, 5.74) is 6.68.